The first-order chi connectivity index (χ1) is 12.0. The molecule has 3 heterocycles. The van der Waals surface area contributed by atoms with Gasteiger partial charge in [-0.3, -0.25) is 14.9 Å². The number of H-pyrrole nitrogens is 1. The maximum absolute atomic E-state index is 14.1. The highest BCUT2D eigenvalue weighted by atomic mass is 35.5. The summed E-state index contributed by atoms with van der Waals surface area (Å²) in [4.78, 5) is 20.1. The number of anilines is 1. The monoisotopic (exact) mass is 355 g/mol. The van der Waals surface area contributed by atoms with Gasteiger partial charge in [0, 0.05) is 12.3 Å². The van der Waals surface area contributed by atoms with E-state index in [4.69, 9.17) is 18.0 Å². The smallest absolute Gasteiger partial charge is 0.248 e. The minimum absolute atomic E-state index is 0.0290. The molecule has 0 aliphatic carbocycles. The summed E-state index contributed by atoms with van der Waals surface area (Å²) in [6.07, 6.45) is 9.18. The van der Waals surface area contributed by atoms with Crippen LogP contribution in [0.4, 0.5) is 10.1 Å². The molecule has 124 valence electrons. The fraction of sp³-hybridized carbons (Fsp3) is 0.0588. The van der Waals surface area contributed by atoms with Gasteiger partial charge in [-0.2, -0.15) is 5.10 Å². The number of fused-ring (bicyclic) bond motifs is 1. The van der Waals surface area contributed by atoms with Gasteiger partial charge in [-0.15, -0.1) is 6.42 Å². The van der Waals surface area contributed by atoms with E-state index in [-0.39, 0.29) is 11.3 Å². The molecule has 0 fully saturated rings. The maximum Gasteiger partial charge on any atom is 0.248 e. The molecule has 0 aliphatic rings. The Balaban J connectivity index is 1.83. The second kappa shape index (κ2) is 6.71. The molecule has 25 heavy (non-hydrogen) atoms. The van der Waals surface area contributed by atoms with Crippen LogP contribution in [-0.2, 0) is 4.79 Å². The van der Waals surface area contributed by atoms with Crippen molar-refractivity contribution in [2.45, 2.75) is 6.92 Å². The average Bonchev–Trinajstić information content (AvgIpc) is 2.97. The SMILES string of the molecule is C#Cc1[nH]nc2nc(/C=C/C(=O)Nc3cc(Cl)cnc3C)c(F)cc12. The van der Waals surface area contributed by atoms with Crippen LogP contribution >= 0.6 is 11.6 Å². The molecule has 0 spiro atoms. The predicted molar refractivity (Wildman–Crippen MR) is 93.4 cm³/mol. The first-order valence-electron chi connectivity index (χ1n) is 7.10. The number of aryl methyl sites for hydroxylation is 1. The Morgan fingerprint density at radius 1 is 1.48 bits per heavy atom. The minimum Gasteiger partial charge on any atom is -0.321 e. The van der Waals surface area contributed by atoms with E-state index >= 15 is 0 Å². The van der Waals surface area contributed by atoms with Crippen molar-refractivity contribution in [3.63, 3.8) is 0 Å². The lowest BCUT2D eigenvalue weighted by molar-refractivity contribution is -0.111. The van der Waals surface area contributed by atoms with E-state index in [1.807, 2.05) is 0 Å². The summed E-state index contributed by atoms with van der Waals surface area (Å²) in [5.41, 5.74) is 1.66. The summed E-state index contributed by atoms with van der Waals surface area (Å²) in [7, 11) is 0. The molecule has 1 amide bonds. The molecule has 0 aliphatic heterocycles. The van der Waals surface area contributed by atoms with Crippen molar-refractivity contribution in [1.82, 2.24) is 20.2 Å². The Kier molecular flexibility index (Phi) is 4.46. The van der Waals surface area contributed by atoms with Gasteiger partial charge in [0.2, 0.25) is 5.91 Å². The van der Waals surface area contributed by atoms with Crippen LogP contribution in [0, 0.1) is 25.1 Å². The van der Waals surface area contributed by atoms with E-state index in [0.717, 1.165) is 6.08 Å². The third kappa shape index (κ3) is 3.49. The number of aromatic amines is 1. The summed E-state index contributed by atoms with van der Waals surface area (Å²) in [6.45, 7) is 1.73. The number of hydrogen-bond acceptors (Lipinski definition) is 4. The predicted octanol–water partition coefficient (Wildman–Crippen LogP) is 3.09. The van der Waals surface area contributed by atoms with Crippen molar-refractivity contribution >= 4 is 40.3 Å². The van der Waals surface area contributed by atoms with Gasteiger partial charge in [-0.25, -0.2) is 9.37 Å². The van der Waals surface area contributed by atoms with Crippen molar-refractivity contribution in [3.8, 4) is 12.3 Å². The molecule has 0 aromatic carbocycles. The van der Waals surface area contributed by atoms with Crippen molar-refractivity contribution in [2.24, 2.45) is 0 Å². The third-order valence-electron chi connectivity index (χ3n) is 3.37. The zero-order valence-electron chi connectivity index (χ0n) is 13.0. The Bertz CT molecular complexity index is 1050. The summed E-state index contributed by atoms with van der Waals surface area (Å²) >= 11 is 5.85. The molecular formula is C17H11ClFN5O. The number of carbonyl (C=O) groups is 1. The number of aromatic nitrogens is 4. The van der Waals surface area contributed by atoms with Crippen molar-refractivity contribution in [3.05, 3.63) is 52.3 Å². The number of hydrogen-bond donors (Lipinski definition) is 2. The van der Waals surface area contributed by atoms with E-state index < -0.39 is 11.7 Å². The van der Waals surface area contributed by atoms with Gasteiger partial charge in [-0.1, -0.05) is 17.5 Å². The molecule has 0 saturated heterocycles. The molecule has 0 radical (unpaired) electrons. The van der Waals surface area contributed by atoms with E-state index in [1.165, 1.54) is 18.3 Å². The largest absolute Gasteiger partial charge is 0.321 e. The lowest BCUT2D eigenvalue weighted by Crippen LogP contribution is -2.09. The number of terminal acetylenes is 1. The van der Waals surface area contributed by atoms with E-state index in [1.54, 1.807) is 13.0 Å². The molecule has 0 bridgehead atoms. The second-order valence-electron chi connectivity index (χ2n) is 5.08. The number of pyridine rings is 2. The molecular weight excluding hydrogens is 345 g/mol. The zero-order chi connectivity index (χ0) is 18.0. The van der Waals surface area contributed by atoms with Gasteiger partial charge in [0.15, 0.2) is 5.65 Å². The third-order valence-corrected chi connectivity index (χ3v) is 3.58. The Hall–Kier alpha value is -3.24. The number of carbonyl (C=O) groups excluding carboxylic acids is 1. The van der Waals surface area contributed by atoms with Gasteiger partial charge in [0.25, 0.3) is 0 Å². The number of nitrogens with zero attached hydrogens (tertiary/aromatic N) is 3. The molecule has 0 atom stereocenters. The zero-order valence-corrected chi connectivity index (χ0v) is 13.7. The van der Waals surface area contributed by atoms with Crippen LogP contribution in [0.2, 0.25) is 5.02 Å². The summed E-state index contributed by atoms with van der Waals surface area (Å²) in [6, 6.07) is 2.80. The lowest BCUT2D eigenvalue weighted by Gasteiger charge is -2.05. The fourth-order valence-electron chi connectivity index (χ4n) is 2.12. The summed E-state index contributed by atoms with van der Waals surface area (Å²) in [5.74, 6) is 1.27. The Labute approximate surface area is 147 Å². The number of amides is 1. The standard InChI is InChI=1S/C17H11ClFN5O/c1-3-13-11-7-12(19)14(22-17(11)24-23-13)4-5-16(25)21-15-6-10(18)8-20-9(15)2/h1,4-8H,2H3,(H,21,25)(H,22,23,24)/b5-4+. The van der Waals surface area contributed by atoms with Crippen LogP contribution in [0.25, 0.3) is 17.1 Å². The van der Waals surface area contributed by atoms with Crippen molar-refractivity contribution < 1.29 is 9.18 Å². The number of nitrogens with one attached hydrogen (secondary N) is 2. The first kappa shape index (κ1) is 16.6. The van der Waals surface area contributed by atoms with Gasteiger partial charge >= 0.3 is 0 Å². The Morgan fingerprint density at radius 2 is 2.28 bits per heavy atom. The fourth-order valence-corrected chi connectivity index (χ4v) is 2.28. The van der Waals surface area contributed by atoms with Gasteiger partial charge in [0.05, 0.1) is 21.8 Å². The van der Waals surface area contributed by atoms with Crippen molar-refractivity contribution in [2.75, 3.05) is 5.32 Å². The molecule has 3 aromatic heterocycles. The summed E-state index contributed by atoms with van der Waals surface area (Å²) in [5, 5.41) is 9.91. The first-order valence-corrected chi connectivity index (χ1v) is 7.48. The summed E-state index contributed by atoms with van der Waals surface area (Å²) < 4.78 is 14.1. The van der Waals surface area contributed by atoms with Crippen LogP contribution in [0.5, 0.6) is 0 Å². The topological polar surface area (TPSA) is 83.6 Å². The van der Waals surface area contributed by atoms with Crippen molar-refractivity contribution in [1.29, 1.82) is 0 Å². The molecule has 3 aromatic rings. The quantitative estimate of drug-likeness (QED) is 0.558. The van der Waals surface area contributed by atoms with Crippen LogP contribution in [-0.4, -0.2) is 26.1 Å². The van der Waals surface area contributed by atoms with Gasteiger partial charge < -0.3 is 5.32 Å². The molecule has 0 unspecified atom stereocenters. The molecule has 3 rings (SSSR count). The molecule has 8 heteroatoms. The highest BCUT2D eigenvalue weighted by molar-refractivity contribution is 6.30. The van der Waals surface area contributed by atoms with E-state index in [9.17, 15) is 9.18 Å². The van der Waals surface area contributed by atoms with Gasteiger partial charge in [0.1, 0.15) is 17.2 Å². The average molecular weight is 356 g/mol. The van der Waals surface area contributed by atoms with Crippen LogP contribution < -0.4 is 5.32 Å². The molecule has 6 nitrogen and oxygen atoms in total. The second-order valence-corrected chi connectivity index (χ2v) is 5.52. The molecule has 0 saturated carbocycles. The highest BCUT2D eigenvalue weighted by Crippen LogP contribution is 2.19. The Morgan fingerprint density at radius 3 is 3.04 bits per heavy atom. The van der Waals surface area contributed by atoms with Gasteiger partial charge in [-0.05, 0) is 25.1 Å². The normalized spacial score (nSPS) is 11.0. The van der Waals surface area contributed by atoms with Crippen LogP contribution in [0.3, 0.4) is 0 Å². The number of rotatable bonds is 3. The minimum atomic E-state index is -0.616. The van der Waals surface area contributed by atoms with E-state index in [2.05, 4.69) is 31.4 Å². The molecule has 2 N–H and O–H groups in total. The lowest BCUT2D eigenvalue weighted by atomic mass is 10.2. The maximum atomic E-state index is 14.1. The van der Waals surface area contributed by atoms with E-state index in [0.29, 0.717) is 27.5 Å². The van der Waals surface area contributed by atoms with Crippen LogP contribution in [0.15, 0.2) is 24.4 Å². The van der Waals surface area contributed by atoms with Crippen LogP contribution in [0.1, 0.15) is 17.1 Å². The highest BCUT2D eigenvalue weighted by Gasteiger charge is 2.10. The number of halogens is 2.